The minimum Gasteiger partial charge on any atom is -0.321 e. The number of amides is 1. The summed E-state index contributed by atoms with van der Waals surface area (Å²) in [5.41, 5.74) is 6.52. The molecule has 4 nitrogen and oxygen atoms in total. The first-order valence-electron chi connectivity index (χ1n) is 7.86. The van der Waals surface area contributed by atoms with E-state index in [1.165, 1.54) is 5.56 Å². The maximum atomic E-state index is 12.8. The predicted octanol–water partition coefficient (Wildman–Crippen LogP) is 4.07. The van der Waals surface area contributed by atoms with Gasteiger partial charge >= 0.3 is 0 Å². The average Bonchev–Trinajstić information content (AvgIpc) is 2.91. The lowest BCUT2D eigenvalue weighted by Gasteiger charge is -2.09. The number of aryl methyl sites for hydroxylation is 4. The number of benzene rings is 1. The molecule has 0 atom stereocenters. The Balaban J connectivity index is 2.03. The van der Waals surface area contributed by atoms with Gasteiger partial charge in [0.05, 0.1) is 5.69 Å². The summed E-state index contributed by atoms with van der Waals surface area (Å²) in [5.74, 6) is -0.122. The van der Waals surface area contributed by atoms with Crippen molar-refractivity contribution in [2.45, 2.75) is 34.1 Å². The second-order valence-corrected chi connectivity index (χ2v) is 5.90. The molecule has 0 spiro atoms. The molecule has 0 bridgehead atoms. The number of aromatic nitrogens is 2. The molecule has 1 aromatic carbocycles. The summed E-state index contributed by atoms with van der Waals surface area (Å²) in [6, 6.07) is 9.89. The first kappa shape index (κ1) is 15.3. The van der Waals surface area contributed by atoms with Gasteiger partial charge in [-0.25, -0.2) is 4.98 Å². The van der Waals surface area contributed by atoms with Gasteiger partial charge in [-0.05, 0) is 62.1 Å². The Morgan fingerprint density at radius 1 is 1.13 bits per heavy atom. The molecular weight excluding hydrogens is 286 g/mol. The highest BCUT2D eigenvalue weighted by atomic mass is 16.2. The Bertz CT molecular complexity index is 893. The van der Waals surface area contributed by atoms with Crippen LogP contribution in [0.3, 0.4) is 0 Å². The number of imidazole rings is 1. The number of carbonyl (C=O) groups excluding carboxylic acids is 1. The van der Waals surface area contributed by atoms with Gasteiger partial charge in [-0.1, -0.05) is 19.1 Å². The number of rotatable bonds is 3. The number of nitrogens with one attached hydrogen (secondary N) is 1. The molecule has 1 amide bonds. The van der Waals surface area contributed by atoms with Crippen molar-refractivity contribution < 1.29 is 4.79 Å². The monoisotopic (exact) mass is 307 g/mol. The molecule has 4 heteroatoms. The van der Waals surface area contributed by atoms with Crippen molar-refractivity contribution in [2.24, 2.45) is 0 Å². The van der Waals surface area contributed by atoms with Crippen LogP contribution in [0, 0.1) is 20.8 Å². The van der Waals surface area contributed by atoms with Crippen LogP contribution in [0.4, 0.5) is 5.69 Å². The standard InChI is InChI=1S/C19H21N3O/c1-5-16-17(22-10-6-7-13(3)18(22)21-16)19(23)20-15-9-8-12(2)14(4)11-15/h6-11H,5H2,1-4H3,(H,20,23). The summed E-state index contributed by atoms with van der Waals surface area (Å²) in [7, 11) is 0. The Hall–Kier alpha value is -2.62. The first-order chi connectivity index (χ1) is 11.0. The second kappa shape index (κ2) is 5.88. The van der Waals surface area contributed by atoms with Gasteiger partial charge in [0.25, 0.3) is 5.91 Å². The molecule has 0 radical (unpaired) electrons. The molecule has 2 heterocycles. The van der Waals surface area contributed by atoms with Crippen LogP contribution >= 0.6 is 0 Å². The van der Waals surface area contributed by atoms with Crippen molar-refractivity contribution in [1.29, 1.82) is 0 Å². The molecule has 118 valence electrons. The third-order valence-corrected chi connectivity index (χ3v) is 4.23. The van der Waals surface area contributed by atoms with Gasteiger partial charge in [0.2, 0.25) is 0 Å². The van der Waals surface area contributed by atoms with Gasteiger partial charge in [0, 0.05) is 11.9 Å². The number of anilines is 1. The van der Waals surface area contributed by atoms with Gasteiger partial charge in [-0.3, -0.25) is 9.20 Å². The highest BCUT2D eigenvalue weighted by molar-refractivity contribution is 6.04. The Morgan fingerprint density at radius 3 is 2.61 bits per heavy atom. The number of hydrogen-bond donors (Lipinski definition) is 1. The molecule has 0 aliphatic heterocycles. The van der Waals surface area contributed by atoms with E-state index in [0.29, 0.717) is 5.69 Å². The van der Waals surface area contributed by atoms with E-state index in [-0.39, 0.29) is 5.91 Å². The van der Waals surface area contributed by atoms with E-state index in [2.05, 4.69) is 17.2 Å². The summed E-state index contributed by atoms with van der Waals surface area (Å²) in [6.45, 7) is 8.13. The van der Waals surface area contributed by atoms with Crippen molar-refractivity contribution in [1.82, 2.24) is 9.38 Å². The van der Waals surface area contributed by atoms with Gasteiger partial charge in [0.15, 0.2) is 0 Å². The number of nitrogens with zero attached hydrogens (tertiary/aromatic N) is 2. The van der Waals surface area contributed by atoms with Gasteiger partial charge in [0.1, 0.15) is 11.3 Å². The number of hydrogen-bond acceptors (Lipinski definition) is 2. The van der Waals surface area contributed by atoms with Gasteiger partial charge in [-0.15, -0.1) is 0 Å². The number of fused-ring (bicyclic) bond motifs is 1. The Kier molecular flexibility index (Phi) is 3.90. The summed E-state index contributed by atoms with van der Waals surface area (Å²) >= 11 is 0. The zero-order valence-electron chi connectivity index (χ0n) is 14.0. The van der Waals surface area contributed by atoms with Gasteiger partial charge < -0.3 is 5.32 Å². The molecule has 0 aliphatic carbocycles. The topological polar surface area (TPSA) is 46.4 Å². The van der Waals surface area contributed by atoms with Crippen molar-refractivity contribution in [2.75, 3.05) is 5.32 Å². The zero-order chi connectivity index (χ0) is 16.6. The predicted molar refractivity (Wildman–Crippen MR) is 93.2 cm³/mol. The summed E-state index contributed by atoms with van der Waals surface area (Å²) in [4.78, 5) is 17.4. The van der Waals surface area contributed by atoms with Crippen LogP contribution in [0.15, 0.2) is 36.5 Å². The molecule has 0 fully saturated rings. The molecule has 0 saturated heterocycles. The van der Waals surface area contributed by atoms with Crippen LogP contribution in [0.5, 0.6) is 0 Å². The molecule has 0 saturated carbocycles. The van der Waals surface area contributed by atoms with Crippen LogP contribution in [0.25, 0.3) is 5.65 Å². The largest absolute Gasteiger partial charge is 0.321 e. The lowest BCUT2D eigenvalue weighted by Crippen LogP contribution is -2.16. The SMILES string of the molecule is CCc1nc2c(C)cccn2c1C(=O)Nc1ccc(C)c(C)c1. The van der Waals surface area contributed by atoms with E-state index in [1.807, 2.05) is 61.7 Å². The maximum absolute atomic E-state index is 12.8. The van der Waals surface area contributed by atoms with E-state index in [0.717, 1.165) is 34.6 Å². The molecule has 2 aromatic heterocycles. The van der Waals surface area contributed by atoms with E-state index in [9.17, 15) is 4.79 Å². The van der Waals surface area contributed by atoms with Crippen LogP contribution < -0.4 is 5.32 Å². The van der Waals surface area contributed by atoms with Crippen molar-refractivity contribution in [3.63, 3.8) is 0 Å². The average molecular weight is 307 g/mol. The Morgan fingerprint density at radius 2 is 1.91 bits per heavy atom. The highest BCUT2D eigenvalue weighted by Gasteiger charge is 2.19. The second-order valence-electron chi connectivity index (χ2n) is 5.90. The minimum atomic E-state index is -0.122. The van der Waals surface area contributed by atoms with E-state index in [4.69, 9.17) is 0 Å². The van der Waals surface area contributed by atoms with Gasteiger partial charge in [-0.2, -0.15) is 0 Å². The molecule has 0 unspecified atom stereocenters. The maximum Gasteiger partial charge on any atom is 0.274 e. The normalized spacial score (nSPS) is 11.0. The third kappa shape index (κ3) is 2.72. The zero-order valence-corrected chi connectivity index (χ0v) is 14.0. The fraction of sp³-hybridized carbons (Fsp3) is 0.263. The summed E-state index contributed by atoms with van der Waals surface area (Å²) in [5, 5.41) is 3.00. The highest BCUT2D eigenvalue weighted by Crippen LogP contribution is 2.19. The molecular formula is C19H21N3O. The fourth-order valence-electron chi connectivity index (χ4n) is 2.75. The molecule has 23 heavy (non-hydrogen) atoms. The van der Waals surface area contributed by atoms with Crippen molar-refractivity contribution >= 4 is 17.2 Å². The first-order valence-corrected chi connectivity index (χ1v) is 7.86. The van der Waals surface area contributed by atoms with Crippen molar-refractivity contribution in [3.8, 4) is 0 Å². The minimum absolute atomic E-state index is 0.122. The van der Waals surface area contributed by atoms with E-state index >= 15 is 0 Å². The van der Waals surface area contributed by atoms with Crippen LogP contribution in [0.2, 0.25) is 0 Å². The lowest BCUT2D eigenvalue weighted by molar-refractivity contribution is 0.102. The van der Waals surface area contributed by atoms with Crippen molar-refractivity contribution in [3.05, 3.63) is 64.6 Å². The fourth-order valence-corrected chi connectivity index (χ4v) is 2.75. The number of carbonyl (C=O) groups is 1. The van der Waals surface area contributed by atoms with E-state index in [1.54, 1.807) is 0 Å². The van der Waals surface area contributed by atoms with Crippen LogP contribution in [-0.4, -0.2) is 15.3 Å². The molecule has 3 aromatic rings. The molecule has 1 N–H and O–H groups in total. The third-order valence-electron chi connectivity index (χ3n) is 4.23. The summed E-state index contributed by atoms with van der Waals surface area (Å²) < 4.78 is 1.88. The van der Waals surface area contributed by atoms with Crippen LogP contribution in [-0.2, 0) is 6.42 Å². The number of pyridine rings is 1. The lowest BCUT2D eigenvalue weighted by atomic mass is 10.1. The van der Waals surface area contributed by atoms with E-state index < -0.39 is 0 Å². The quantitative estimate of drug-likeness (QED) is 0.792. The summed E-state index contributed by atoms with van der Waals surface area (Å²) in [6.07, 6.45) is 2.61. The molecule has 0 aliphatic rings. The Labute approximate surface area is 136 Å². The van der Waals surface area contributed by atoms with Crippen LogP contribution in [0.1, 0.15) is 39.8 Å². The molecule has 3 rings (SSSR count). The smallest absolute Gasteiger partial charge is 0.274 e.